The Balaban J connectivity index is 1.51. The molecule has 0 spiro atoms. The van der Waals surface area contributed by atoms with Crippen molar-refractivity contribution in [2.75, 3.05) is 0 Å². The zero-order valence-corrected chi connectivity index (χ0v) is 16.0. The Morgan fingerprint density at radius 1 is 1.07 bits per heavy atom. The summed E-state index contributed by atoms with van der Waals surface area (Å²) < 4.78 is 16.6. The molecule has 5 nitrogen and oxygen atoms in total. The minimum absolute atomic E-state index is 0.0343. The number of aryl methyl sites for hydroxylation is 2. The first-order chi connectivity index (χ1) is 13.6. The summed E-state index contributed by atoms with van der Waals surface area (Å²) in [5, 5.41) is 0. The monoisotopic (exact) mass is 381 g/mol. The van der Waals surface area contributed by atoms with Crippen LogP contribution >= 0.6 is 0 Å². The second-order valence-electron chi connectivity index (χ2n) is 7.30. The third-order valence-corrected chi connectivity index (χ3v) is 5.36. The largest absolute Gasteiger partial charge is 0.335 e. The van der Waals surface area contributed by atoms with E-state index in [0.29, 0.717) is 19.6 Å². The Hall–Kier alpha value is -2.89. The molecule has 0 atom stereocenters. The van der Waals surface area contributed by atoms with E-state index in [1.807, 2.05) is 36.1 Å². The van der Waals surface area contributed by atoms with Crippen LogP contribution in [0.3, 0.4) is 0 Å². The molecule has 146 valence electrons. The molecule has 1 fully saturated rings. The molecule has 1 saturated carbocycles. The molecule has 0 aliphatic heterocycles. The van der Waals surface area contributed by atoms with E-state index in [4.69, 9.17) is 0 Å². The predicted molar refractivity (Wildman–Crippen MR) is 106 cm³/mol. The van der Waals surface area contributed by atoms with Gasteiger partial charge < -0.3 is 4.90 Å². The fourth-order valence-electron chi connectivity index (χ4n) is 3.74. The lowest BCUT2D eigenvalue weighted by molar-refractivity contribution is -0.132. The van der Waals surface area contributed by atoms with Crippen LogP contribution in [0.1, 0.15) is 31.7 Å². The van der Waals surface area contributed by atoms with E-state index in [2.05, 4.69) is 0 Å². The number of amides is 1. The van der Waals surface area contributed by atoms with Crippen LogP contribution in [0.15, 0.2) is 53.3 Å². The second kappa shape index (κ2) is 7.62. The van der Waals surface area contributed by atoms with Gasteiger partial charge in [-0.25, -0.2) is 9.18 Å². The lowest BCUT2D eigenvalue weighted by Crippen LogP contribution is -2.34. The molecule has 1 heterocycles. The minimum Gasteiger partial charge on any atom is -0.335 e. The van der Waals surface area contributed by atoms with Gasteiger partial charge in [-0.1, -0.05) is 24.3 Å². The first-order valence-corrected chi connectivity index (χ1v) is 9.80. The van der Waals surface area contributed by atoms with Gasteiger partial charge in [0.05, 0.1) is 11.0 Å². The van der Waals surface area contributed by atoms with Crippen LogP contribution in [0, 0.1) is 5.82 Å². The third-order valence-electron chi connectivity index (χ3n) is 5.36. The Bertz CT molecular complexity index is 1050. The van der Waals surface area contributed by atoms with Gasteiger partial charge in [0.15, 0.2) is 0 Å². The molecule has 0 radical (unpaired) electrons. The first-order valence-electron chi connectivity index (χ1n) is 9.80. The van der Waals surface area contributed by atoms with Gasteiger partial charge in [-0.2, -0.15) is 0 Å². The summed E-state index contributed by atoms with van der Waals surface area (Å²) in [5.74, 6) is -0.244. The summed E-state index contributed by atoms with van der Waals surface area (Å²) in [6, 6.07) is 14.2. The van der Waals surface area contributed by atoms with Crippen molar-refractivity contribution >= 4 is 16.9 Å². The van der Waals surface area contributed by atoms with Gasteiger partial charge >= 0.3 is 5.69 Å². The molecule has 1 aromatic heterocycles. The van der Waals surface area contributed by atoms with Crippen LogP contribution in [-0.4, -0.2) is 26.0 Å². The number of para-hydroxylation sites is 2. The maximum absolute atomic E-state index is 13.1. The highest BCUT2D eigenvalue weighted by Crippen LogP contribution is 2.29. The van der Waals surface area contributed by atoms with E-state index in [0.717, 1.165) is 29.4 Å². The van der Waals surface area contributed by atoms with Gasteiger partial charge in [0.2, 0.25) is 5.91 Å². The third kappa shape index (κ3) is 3.59. The minimum atomic E-state index is -0.278. The number of rotatable bonds is 7. The van der Waals surface area contributed by atoms with Crippen molar-refractivity contribution in [2.45, 2.75) is 51.9 Å². The zero-order valence-electron chi connectivity index (χ0n) is 16.0. The van der Waals surface area contributed by atoms with E-state index in [1.54, 1.807) is 21.3 Å². The van der Waals surface area contributed by atoms with E-state index in [1.165, 1.54) is 12.1 Å². The van der Waals surface area contributed by atoms with Gasteiger partial charge in [-0.3, -0.25) is 13.9 Å². The van der Waals surface area contributed by atoms with Crippen molar-refractivity contribution in [3.8, 4) is 0 Å². The molecule has 3 aromatic rings. The molecule has 4 rings (SSSR count). The molecule has 2 aromatic carbocycles. The van der Waals surface area contributed by atoms with E-state index in [9.17, 15) is 14.0 Å². The Morgan fingerprint density at radius 3 is 2.32 bits per heavy atom. The number of aromatic nitrogens is 2. The fraction of sp³-hybridized carbons (Fsp3) is 0.364. The Kier molecular flexibility index (Phi) is 5.03. The van der Waals surface area contributed by atoms with Gasteiger partial charge in [0.1, 0.15) is 5.82 Å². The summed E-state index contributed by atoms with van der Waals surface area (Å²) in [7, 11) is 0. The molecule has 0 N–H and O–H groups in total. The Labute approximate surface area is 163 Å². The summed E-state index contributed by atoms with van der Waals surface area (Å²) in [5.41, 5.74) is 2.60. The average Bonchev–Trinajstić information content (AvgIpc) is 3.50. The van der Waals surface area contributed by atoms with Gasteiger partial charge in [-0.05, 0) is 49.6 Å². The van der Waals surface area contributed by atoms with Gasteiger partial charge in [0.25, 0.3) is 0 Å². The number of hydrogen-bond acceptors (Lipinski definition) is 2. The number of fused-ring (bicyclic) bond motifs is 1. The highest BCUT2D eigenvalue weighted by molar-refractivity contribution is 5.78. The quantitative estimate of drug-likeness (QED) is 0.628. The van der Waals surface area contributed by atoms with Gasteiger partial charge in [-0.15, -0.1) is 0 Å². The number of nitrogens with zero attached hydrogens (tertiary/aromatic N) is 3. The predicted octanol–water partition coefficient (Wildman–Crippen LogP) is 3.54. The number of carbonyl (C=O) groups is 1. The summed E-state index contributed by atoms with van der Waals surface area (Å²) in [6.07, 6.45) is 2.28. The van der Waals surface area contributed by atoms with Crippen LogP contribution in [0.25, 0.3) is 11.0 Å². The first kappa shape index (κ1) is 18.5. The number of imidazole rings is 1. The summed E-state index contributed by atoms with van der Waals surface area (Å²) in [6.45, 7) is 3.38. The molecule has 28 heavy (non-hydrogen) atoms. The molecule has 0 bridgehead atoms. The standard InChI is InChI=1S/C22H24FN3O2/c1-2-24-19-5-3-4-6-20(19)25(22(24)28)14-13-21(27)26(18-11-12-18)15-16-7-9-17(23)10-8-16/h3-10,18H,2,11-15H2,1H3. The SMILES string of the molecule is CCn1c(=O)n(CCC(=O)N(Cc2ccc(F)cc2)C2CC2)c2ccccc21. The van der Waals surface area contributed by atoms with Crippen molar-refractivity contribution in [3.05, 3.63) is 70.4 Å². The Morgan fingerprint density at radius 2 is 1.71 bits per heavy atom. The van der Waals surface area contributed by atoms with Crippen molar-refractivity contribution < 1.29 is 9.18 Å². The second-order valence-corrected chi connectivity index (χ2v) is 7.30. The molecule has 6 heteroatoms. The van der Waals surface area contributed by atoms with E-state index < -0.39 is 0 Å². The van der Waals surface area contributed by atoms with E-state index >= 15 is 0 Å². The van der Waals surface area contributed by atoms with Crippen LogP contribution in [0.2, 0.25) is 0 Å². The fourth-order valence-corrected chi connectivity index (χ4v) is 3.74. The summed E-state index contributed by atoms with van der Waals surface area (Å²) in [4.78, 5) is 27.5. The molecule has 0 unspecified atom stereocenters. The topological polar surface area (TPSA) is 47.2 Å². The lowest BCUT2D eigenvalue weighted by atomic mass is 10.2. The highest BCUT2D eigenvalue weighted by Gasteiger charge is 2.32. The zero-order chi connectivity index (χ0) is 19.7. The van der Waals surface area contributed by atoms with Crippen LogP contribution in [0.4, 0.5) is 4.39 Å². The van der Waals surface area contributed by atoms with Crippen LogP contribution in [-0.2, 0) is 24.4 Å². The average molecular weight is 381 g/mol. The van der Waals surface area contributed by atoms with Crippen molar-refractivity contribution in [2.24, 2.45) is 0 Å². The number of carbonyl (C=O) groups excluding carboxylic acids is 1. The van der Waals surface area contributed by atoms with Crippen molar-refractivity contribution in [3.63, 3.8) is 0 Å². The molecular formula is C22H24FN3O2. The van der Waals surface area contributed by atoms with Crippen LogP contribution < -0.4 is 5.69 Å². The smallest absolute Gasteiger partial charge is 0.329 e. The molecule has 1 aliphatic carbocycles. The number of halogens is 1. The molecule has 1 aliphatic rings. The number of hydrogen-bond donors (Lipinski definition) is 0. The molecule has 1 amide bonds. The molecular weight excluding hydrogens is 357 g/mol. The van der Waals surface area contributed by atoms with E-state index in [-0.39, 0.29) is 29.9 Å². The molecule has 0 saturated heterocycles. The van der Waals surface area contributed by atoms with Crippen molar-refractivity contribution in [1.82, 2.24) is 14.0 Å². The maximum Gasteiger partial charge on any atom is 0.329 e. The lowest BCUT2D eigenvalue weighted by Gasteiger charge is -2.23. The van der Waals surface area contributed by atoms with Crippen LogP contribution in [0.5, 0.6) is 0 Å². The number of benzene rings is 2. The summed E-state index contributed by atoms with van der Waals surface area (Å²) >= 11 is 0. The normalized spacial score (nSPS) is 13.8. The van der Waals surface area contributed by atoms with Crippen molar-refractivity contribution in [1.29, 1.82) is 0 Å². The highest BCUT2D eigenvalue weighted by atomic mass is 19.1. The maximum atomic E-state index is 13.1. The van der Waals surface area contributed by atoms with Gasteiger partial charge in [0, 0.05) is 32.1 Å².